The maximum absolute atomic E-state index is 12.3. The number of nitrogens with one attached hydrogen (secondary N) is 1. The van der Waals surface area contributed by atoms with Crippen molar-refractivity contribution in [1.29, 1.82) is 0 Å². The van der Waals surface area contributed by atoms with Crippen molar-refractivity contribution in [3.63, 3.8) is 0 Å². The van der Waals surface area contributed by atoms with Crippen LogP contribution in [0.3, 0.4) is 0 Å². The minimum Gasteiger partial charge on any atom is -0.493 e. The summed E-state index contributed by atoms with van der Waals surface area (Å²) < 4.78 is 15.5. The molecule has 0 aromatic heterocycles. The first kappa shape index (κ1) is 17.6. The van der Waals surface area contributed by atoms with Crippen molar-refractivity contribution in [2.45, 2.75) is 19.9 Å². The van der Waals surface area contributed by atoms with Crippen LogP contribution in [0.15, 0.2) is 12.1 Å². The molecule has 0 aliphatic carbocycles. The van der Waals surface area contributed by atoms with E-state index in [9.17, 15) is 9.59 Å². The van der Waals surface area contributed by atoms with Crippen molar-refractivity contribution >= 4 is 11.9 Å². The fraction of sp³-hybridized carbons (Fsp3) is 0.467. The van der Waals surface area contributed by atoms with Gasteiger partial charge in [0.15, 0.2) is 11.5 Å². The van der Waals surface area contributed by atoms with Crippen LogP contribution in [0.25, 0.3) is 0 Å². The molecule has 0 fully saturated rings. The zero-order valence-corrected chi connectivity index (χ0v) is 13.3. The van der Waals surface area contributed by atoms with Gasteiger partial charge in [-0.2, -0.15) is 0 Å². The van der Waals surface area contributed by atoms with Crippen LogP contribution >= 0.6 is 0 Å². The Balaban J connectivity index is 3.15. The largest absolute Gasteiger partial charge is 0.493 e. The van der Waals surface area contributed by atoms with Crippen molar-refractivity contribution in [2.24, 2.45) is 5.92 Å². The summed E-state index contributed by atoms with van der Waals surface area (Å²) in [5.74, 6) is -0.855. The lowest BCUT2D eigenvalue weighted by Gasteiger charge is -2.19. The molecule has 0 saturated carbocycles. The topological polar surface area (TPSA) is 94.1 Å². The summed E-state index contributed by atoms with van der Waals surface area (Å²) in [6.45, 7) is 3.43. The van der Waals surface area contributed by atoms with Gasteiger partial charge in [0.05, 0.1) is 21.3 Å². The highest BCUT2D eigenvalue weighted by Crippen LogP contribution is 2.38. The molecule has 0 spiro atoms. The first-order valence-corrected chi connectivity index (χ1v) is 6.69. The van der Waals surface area contributed by atoms with Gasteiger partial charge in [0.2, 0.25) is 5.75 Å². The first-order valence-electron chi connectivity index (χ1n) is 6.69. The molecule has 0 radical (unpaired) electrons. The van der Waals surface area contributed by atoms with Gasteiger partial charge in [0.1, 0.15) is 6.04 Å². The minimum absolute atomic E-state index is 0.224. The van der Waals surface area contributed by atoms with Crippen LogP contribution in [0.2, 0.25) is 0 Å². The lowest BCUT2D eigenvalue weighted by molar-refractivity contribution is -0.140. The zero-order valence-electron chi connectivity index (χ0n) is 13.3. The van der Waals surface area contributed by atoms with Gasteiger partial charge < -0.3 is 24.6 Å². The molecule has 1 amide bonds. The maximum Gasteiger partial charge on any atom is 0.326 e. The van der Waals surface area contributed by atoms with E-state index in [1.165, 1.54) is 33.5 Å². The van der Waals surface area contributed by atoms with Gasteiger partial charge in [0.25, 0.3) is 5.91 Å². The molecule has 1 aromatic rings. The first-order chi connectivity index (χ1) is 10.3. The smallest absolute Gasteiger partial charge is 0.326 e. The molecule has 7 heteroatoms. The molecule has 0 heterocycles. The molecule has 0 unspecified atom stereocenters. The Morgan fingerprint density at radius 3 is 1.86 bits per heavy atom. The molecular weight excluding hydrogens is 290 g/mol. The fourth-order valence-corrected chi connectivity index (χ4v) is 1.95. The number of ether oxygens (including phenoxy) is 3. The van der Waals surface area contributed by atoms with Crippen molar-refractivity contribution in [1.82, 2.24) is 5.32 Å². The van der Waals surface area contributed by atoms with E-state index in [1.807, 2.05) is 0 Å². The monoisotopic (exact) mass is 311 g/mol. The number of rotatable bonds is 7. The molecule has 1 atom stereocenters. The minimum atomic E-state index is -1.09. The van der Waals surface area contributed by atoms with Gasteiger partial charge in [-0.3, -0.25) is 4.79 Å². The van der Waals surface area contributed by atoms with Gasteiger partial charge in [-0.25, -0.2) is 4.79 Å². The van der Waals surface area contributed by atoms with Crippen molar-refractivity contribution < 1.29 is 28.9 Å². The molecule has 0 bridgehead atoms. The molecule has 0 aliphatic heterocycles. The highest BCUT2D eigenvalue weighted by molar-refractivity contribution is 5.97. The summed E-state index contributed by atoms with van der Waals surface area (Å²) in [6, 6.07) is 1.96. The Hall–Kier alpha value is -2.44. The van der Waals surface area contributed by atoms with Crippen LogP contribution in [-0.2, 0) is 4.79 Å². The van der Waals surface area contributed by atoms with Gasteiger partial charge in [0, 0.05) is 5.56 Å². The van der Waals surface area contributed by atoms with Crippen LogP contribution < -0.4 is 19.5 Å². The Bertz CT molecular complexity index is 530. The predicted molar refractivity (Wildman–Crippen MR) is 79.8 cm³/mol. The van der Waals surface area contributed by atoms with Crippen LogP contribution in [-0.4, -0.2) is 44.4 Å². The quantitative estimate of drug-likeness (QED) is 0.793. The summed E-state index contributed by atoms with van der Waals surface area (Å²) in [5, 5.41) is 11.6. The number of amides is 1. The second kappa shape index (κ2) is 7.53. The summed E-state index contributed by atoms with van der Waals surface area (Å²) in [5.41, 5.74) is 0.224. The van der Waals surface area contributed by atoms with E-state index in [0.29, 0.717) is 17.2 Å². The number of methoxy groups -OCH3 is 3. The van der Waals surface area contributed by atoms with Crippen molar-refractivity contribution in [3.05, 3.63) is 17.7 Å². The molecule has 1 rings (SSSR count). The van der Waals surface area contributed by atoms with E-state index >= 15 is 0 Å². The molecular formula is C15H21NO6. The summed E-state index contributed by atoms with van der Waals surface area (Å²) in [6.07, 6.45) is 0. The predicted octanol–water partition coefficient (Wildman–Crippen LogP) is 1.55. The maximum atomic E-state index is 12.3. The number of carboxylic acid groups (broad SMARTS) is 1. The van der Waals surface area contributed by atoms with E-state index < -0.39 is 17.9 Å². The average molecular weight is 311 g/mol. The molecule has 0 saturated heterocycles. The highest BCUT2D eigenvalue weighted by Gasteiger charge is 2.25. The third kappa shape index (κ3) is 3.81. The second-order valence-electron chi connectivity index (χ2n) is 4.95. The normalized spacial score (nSPS) is 11.7. The third-order valence-corrected chi connectivity index (χ3v) is 3.15. The molecule has 1 aromatic carbocycles. The van der Waals surface area contributed by atoms with Gasteiger partial charge >= 0.3 is 5.97 Å². The lowest BCUT2D eigenvalue weighted by atomic mass is 10.0. The number of hydrogen-bond donors (Lipinski definition) is 2. The molecule has 2 N–H and O–H groups in total. The molecule has 7 nitrogen and oxygen atoms in total. The Morgan fingerprint density at radius 1 is 1.05 bits per heavy atom. The second-order valence-corrected chi connectivity index (χ2v) is 4.95. The van der Waals surface area contributed by atoms with Gasteiger partial charge in [-0.15, -0.1) is 0 Å². The van der Waals surface area contributed by atoms with E-state index in [-0.39, 0.29) is 11.5 Å². The van der Waals surface area contributed by atoms with Crippen LogP contribution in [0.1, 0.15) is 24.2 Å². The van der Waals surface area contributed by atoms with Crippen molar-refractivity contribution in [2.75, 3.05) is 21.3 Å². The summed E-state index contributed by atoms with van der Waals surface area (Å²) in [7, 11) is 4.33. The van der Waals surface area contributed by atoms with Gasteiger partial charge in [-0.05, 0) is 18.1 Å². The fourth-order valence-electron chi connectivity index (χ4n) is 1.95. The van der Waals surface area contributed by atoms with Gasteiger partial charge in [-0.1, -0.05) is 13.8 Å². The number of benzene rings is 1. The van der Waals surface area contributed by atoms with E-state index in [1.54, 1.807) is 13.8 Å². The average Bonchev–Trinajstić information content (AvgIpc) is 2.49. The zero-order chi connectivity index (χ0) is 16.9. The van der Waals surface area contributed by atoms with E-state index in [2.05, 4.69) is 5.32 Å². The Kier molecular flexibility index (Phi) is 6.03. The Labute approximate surface area is 129 Å². The SMILES string of the molecule is COc1cc(C(=O)N[C@@H](C(=O)O)C(C)C)cc(OC)c1OC. The molecule has 0 aliphatic rings. The third-order valence-electron chi connectivity index (χ3n) is 3.15. The summed E-state index contributed by atoms with van der Waals surface area (Å²) >= 11 is 0. The number of hydrogen-bond acceptors (Lipinski definition) is 5. The lowest BCUT2D eigenvalue weighted by Crippen LogP contribution is -2.44. The van der Waals surface area contributed by atoms with Crippen molar-refractivity contribution in [3.8, 4) is 17.2 Å². The van der Waals surface area contributed by atoms with E-state index in [4.69, 9.17) is 19.3 Å². The van der Waals surface area contributed by atoms with E-state index in [0.717, 1.165) is 0 Å². The molecule has 122 valence electrons. The Morgan fingerprint density at radius 2 is 1.55 bits per heavy atom. The van der Waals surface area contributed by atoms with Crippen LogP contribution in [0, 0.1) is 5.92 Å². The molecule has 22 heavy (non-hydrogen) atoms. The van der Waals surface area contributed by atoms with Crippen LogP contribution in [0.5, 0.6) is 17.2 Å². The number of carbonyl (C=O) groups is 2. The number of carbonyl (C=O) groups excluding carboxylic acids is 1. The number of aliphatic carboxylic acids is 1. The number of carboxylic acids is 1. The van der Waals surface area contributed by atoms with Crippen LogP contribution in [0.4, 0.5) is 0 Å². The summed E-state index contributed by atoms with van der Waals surface area (Å²) in [4.78, 5) is 23.4. The highest BCUT2D eigenvalue weighted by atomic mass is 16.5. The standard InChI is InChI=1S/C15H21NO6/c1-8(2)12(15(18)19)16-14(17)9-6-10(20-3)13(22-5)11(7-9)21-4/h6-8,12H,1-5H3,(H,16,17)(H,18,19)/t12-/m1/s1.